The van der Waals surface area contributed by atoms with Crippen LogP contribution in [0, 0.1) is 11.3 Å². The predicted octanol–water partition coefficient (Wildman–Crippen LogP) is 5.39. The summed E-state index contributed by atoms with van der Waals surface area (Å²) in [6, 6.07) is 14.4. The molecule has 1 aromatic heterocycles. The van der Waals surface area contributed by atoms with Gasteiger partial charge in [0.05, 0.1) is 11.7 Å². The summed E-state index contributed by atoms with van der Waals surface area (Å²) >= 11 is 0. The molecule has 6 nitrogen and oxygen atoms in total. The lowest BCUT2D eigenvalue weighted by Gasteiger charge is -2.24. The van der Waals surface area contributed by atoms with Crippen LogP contribution in [-0.4, -0.2) is 34.7 Å². The molecule has 3 aromatic rings. The first-order valence-corrected chi connectivity index (χ1v) is 10.9. The van der Waals surface area contributed by atoms with E-state index in [-0.39, 0.29) is 6.10 Å². The fraction of sp³-hybridized carbons (Fsp3) is 0.400. The molecule has 1 aliphatic carbocycles. The van der Waals surface area contributed by atoms with Crippen molar-refractivity contribution in [3.05, 3.63) is 53.1 Å². The normalized spacial score (nSPS) is 15.3. The fourth-order valence-corrected chi connectivity index (χ4v) is 4.37. The molecule has 0 radical (unpaired) electrons. The van der Waals surface area contributed by atoms with Crippen molar-refractivity contribution in [3.8, 4) is 34.7 Å². The van der Waals surface area contributed by atoms with Crippen molar-refractivity contribution in [1.82, 2.24) is 15.0 Å². The molecule has 160 valence electrons. The number of aromatic nitrogens is 2. The van der Waals surface area contributed by atoms with Crippen LogP contribution in [0.5, 0.6) is 5.75 Å². The third-order valence-electron chi connectivity index (χ3n) is 5.72. The molecule has 2 aromatic carbocycles. The maximum absolute atomic E-state index is 9.50. The molecule has 0 unspecified atom stereocenters. The van der Waals surface area contributed by atoms with Gasteiger partial charge in [-0.25, -0.2) is 0 Å². The first kappa shape index (κ1) is 21.1. The minimum Gasteiger partial charge on any atom is -0.490 e. The van der Waals surface area contributed by atoms with Crippen LogP contribution in [0.4, 0.5) is 0 Å². The number of ether oxygens (including phenoxy) is 1. The third-order valence-corrected chi connectivity index (χ3v) is 5.72. The molecule has 1 heterocycles. The molecule has 0 spiro atoms. The Morgan fingerprint density at radius 1 is 1.29 bits per heavy atom. The van der Waals surface area contributed by atoms with E-state index in [1.54, 1.807) is 12.1 Å². The summed E-state index contributed by atoms with van der Waals surface area (Å²) in [4.78, 5) is 7.09. The van der Waals surface area contributed by atoms with E-state index in [0.29, 0.717) is 34.6 Å². The lowest BCUT2D eigenvalue weighted by molar-refractivity contribution is 0.241. The lowest BCUT2D eigenvalue weighted by Crippen LogP contribution is -2.23. The van der Waals surface area contributed by atoms with Crippen molar-refractivity contribution in [3.63, 3.8) is 0 Å². The Morgan fingerprint density at radius 3 is 2.87 bits per heavy atom. The van der Waals surface area contributed by atoms with Gasteiger partial charge in [0.25, 0.3) is 5.89 Å². The number of hydrogen-bond acceptors (Lipinski definition) is 6. The zero-order valence-electron chi connectivity index (χ0n) is 18.6. The monoisotopic (exact) mass is 416 g/mol. The zero-order valence-corrected chi connectivity index (χ0v) is 18.6. The standard InChI is InChI=1S/C25H28N4O2/c1-5-13-29(4)22-11-10-19-20(22)7-6-8-21(19)24-27-25(31-28-24)17-9-12-23(30-16(2)3)18(14-17)15-26/h6-9,12,14,16,22H,5,10-11,13H2,1-4H3/t22-/m0/s1. The number of hydrogen-bond donors (Lipinski definition) is 0. The Balaban J connectivity index is 1.65. The van der Waals surface area contributed by atoms with E-state index in [2.05, 4.69) is 53.3 Å². The predicted molar refractivity (Wildman–Crippen MR) is 120 cm³/mol. The van der Waals surface area contributed by atoms with Gasteiger partial charge in [-0.2, -0.15) is 10.2 Å². The van der Waals surface area contributed by atoms with Crippen LogP contribution < -0.4 is 4.74 Å². The molecule has 0 aliphatic heterocycles. The van der Waals surface area contributed by atoms with E-state index < -0.39 is 0 Å². The van der Waals surface area contributed by atoms with Gasteiger partial charge < -0.3 is 9.26 Å². The van der Waals surface area contributed by atoms with E-state index in [0.717, 1.165) is 31.4 Å². The summed E-state index contributed by atoms with van der Waals surface area (Å²) in [5.41, 5.74) is 4.86. The van der Waals surface area contributed by atoms with Crippen molar-refractivity contribution in [2.45, 2.75) is 52.2 Å². The van der Waals surface area contributed by atoms with Gasteiger partial charge in [-0.05, 0) is 76.0 Å². The van der Waals surface area contributed by atoms with E-state index in [4.69, 9.17) is 9.26 Å². The van der Waals surface area contributed by atoms with Crippen molar-refractivity contribution in [1.29, 1.82) is 5.26 Å². The van der Waals surface area contributed by atoms with Gasteiger partial charge in [0.2, 0.25) is 5.82 Å². The summed E-state index contributed by atoms with van der Waals surface area (Å²) in [5.74, 6) is 1.55. The topological polar surface area (TPSA) is 75.2 Å². The van der Waals surface area contributed by atoms with Crippen LogP contribution in [0.1, 0.15) is 56.3 Å². The molecule has 31 heavy (non-hydrogen) atoms. The first-order valence-electron chi connectivity index (χ1n) is 10.9. The van der Waals surface area contributed by atoms with Crippen molar-refractivity contribution in [2.75, 3.05) is 13.6 Å². The molecule has 0 fully saturated rings. The molecule has 0 N–H and O–H groups in total. The van der Waals surface area contributed by atoms with Crippen LogP contribution in [0.15, 0.2) is 40.9 Å². The van der Waals surface area contributed by atoms with Crippen molar-refractivity contribution in [2.24, 2.45) is 0 Å². The van der Waals surface area contributed by atoms with Gasteiger partial charge in [-0.1, -0.05) is 30.3 Å². The van der Waals surface area contributed by atoms with Crippen molar-refractivity contribution >= 4 is 0 Å². The Kier molecular flexibility index (Phi) is 6.06. The maximum atomic E-state index is 9.50. The molecule has 0 amide bonds. The highest BCUT2D eigenvalue weighted by molar-refractivity contribution is 5.67. The fourth-order valence-electron chi connectivity index (χ4n) is 4.37. The number of nitrogens with zero attached hydrogens (tertiary/aromatic N) is 4. The summed E-state index contributed by atoms with van der Waals surface area (Å²) in [7, 11) is 2.20. The Bertz CT molecular complexity index is 1110. The minimum absolute atomic E-state index is 0.00618. The number of benzene rings is 2. The zero-order chi connectivity index (χ0) is 22.0. The highest BCUT2D eigenvalue weighted by Gasteiger charge is 2.28. The summed E-state index contributed by atoms with van der Waals surface area (Å²) in [6.07, 6.45) is 3.25. The second-order valence-corrected chi connectivity index (χ2v) is 8.32. The number of nitriles is 1. The molecule has 1 atom stereocenters. The van der Waals surface area contributed by atoms with Crippen LogP contribution in [0.2, 0.25) is 0 Å². The highest BCUT2D eigenvalue weighted by Crippen LogP contribution is 2.40. The van der Waals surface area contributed by atoms with E-state index in [1.807, 2.05) is 19.9 Å². The summed E-state index contributed by atoms with van der Waals surface area (Å²) in [5, 5.41) is 13.8. The van der Waals surface area contributed by atoms with Gasteiger partial charge in [0, 0.05) is 17.2 Å². The van der Waals surface area contributed by atoms with E-state index in [9.17, 15) is 5.26 Å². The van der Waals surface area contributed by atoms with Crippen LogP contribution >= 0.6 is 0 Å². The van der Waals surface area contributed by atoms with Gasteiger partial charge in [0.1, 0.15) is 11.8 Å². The summed E-state index contributed by atoms with van der Waals surface area (Å²) in [6.45, 7) is 7.16. The molecule has 0 saturated heterocycles. The number of rotatable bonds is 7. The van der Waals surface area contributed by atoms with E-state index in [1.165, 1.54) is 11.1 Å². The smallest absolute Gasteiger partial charge is 0.258 e. The minimum atomic E-state index is -0.00618. The first-order chi connectivity index (χ1) is 15.0. The second-order valence-electron chi connectivity index (χ2n) is 8.32. The van der Waals surface area contributed by atoms with Crippen molar-refractivity contribution < 1.29 is 9.26 Å². The quantitative estimate of drug-likeness (QED) is 0.514. The molecular formula is C25H28N4O2. The maximum Gasteiger partial charge on any atom is 0.258 e. The molecule has 4 rings (SSSR count). The largest absolute Gasteiger partial charge is 0.490 e. The second kappa shape index (κ2) is 8.91. The van der Waals surface area contributed by atoms with Gasteiger partial charge in [-0.3, -0.25) is 4.90 Å². The Morgan fingerprint density at radius 2 is 2.13 bits per heavy atom. The highest BCUT2D eigenvalue weighted by atomic mass is 16.5. The lowest BCUT2D eigenvalue weighted by atomic mass is 10.0. The molecule has 6 heteroatoms. The van der Waals surface area contributed by atoms with Crippen LogP contribution in [0.3, 0.4) is 0 Å². The molecule has 1 aliphatic rings. The molecule has 0 bridgehead atoms. The average Bonchev–Trinajstić information content (AvgIpc) is 3.41. The van der Waals surface area contributed by atoms with Gasteiger partial charge in [-0.15, -0.1) is 0 Å². The van der Waals surface area contributed by atoms with Gasteiger partial charge >= 0.3 is 0 Å². The van der Waals surface area contributed by atoms with E-state index >= 15 is 0 Å². The molecular weight excluding hydrogens is 388 g/mol. The van der Waals surface area contributed by atoms with Crippen LogP contribution in [0.25, 0.3) is 22.8 Å². The average molecular weight is 417 g/mol. The molecule has 0 saturated carbocycles. The Labute approximate surface area is 183 Å². The SMILES string of the molecule is CCCN(C)[C@H]1CCc2c(-c3noc(-c4ccc(OC(C)C)c(C#N)c4)n3)cccc21. The van der Waals surface area contributed by atoms with Gasteiger partial charge in [0.15, 0.2) is 0 Å². The Hall–Kier alpha value is -3.17. The van der Waals surface area contributed by atoms with Crippen LogP contribution in [-0.2, 0) is 6.42 Å². The summed E-state index contributed by atoms with van der Waals surface area (Å²) < 4.78 is 11.3. The third kappa shape index (κ3) is 4.19. The number of fused-ring (bicyclic) bond motifs is 1.